The number of nitrogens with two attached hydrogens (primary N) is 1. The Balaban J connectivity index is 0.00000169. The molecule has 0 saturated heterocycles. The fourth-order valence-corrected chi connectivity index (χ4v) is 1.05. The lowest BCUT2D eigenvalue weighted by Gasteiger charge is -2.07. The monoisotopic (exact) mass is 217 g/mol. The summed E-state index contributed by atoms with van der Waals surface area (Å²) in [7, 11) is 1.29. The van der Waals surface area contributed by atoms with Gasteiger partial charge in [-0.25, -0.2) is 4.79 Å². The molecule has 0 aliphatic carbocycles. The van der Waals surface area contributed by atoms with E-state index in [0.717, 1.165) is 0 Å². The summed E-state index contributed by atoms with van der Waals surface area (Å²) < 4.78 is 4.52. The molecule has 0 unspecified atom stereocenters. The number of halogens is 1. The summed E-state index contributed by atoms with van der Waals surface area (Å²) in [6, 6.07) is 2.99. The van der Waals surface area contributed by atoms with Gasteiger partial charge < -0.3 is 15.6 Å². The number of hydrogen-bond donors (Lipinski definition) is 2. The molecule has 0 spiro atoms. The topological polar surface area (TPSA) is 72.5 Å². The van der Waals surface area contributed by atoms with Crippen molar-refractivity contribution in [1.29, 1.82) is 0 Å². The minimum Gasteiger partial charge on any atom is -0.505 e. The van der Waals surface area contributed by atoms with E-state index >= 15 is 0 Å². The zero-order valence-electron chi connectivity index (χ0n) is 7.90. The van der Waals surface area contributed by atoms with Gasteiger partial charge in [0.1, 0.15) is 5.75 Å². The van der Waals surface area contributed by atoms with E-state index in [0.29, 0.717) is 11.1 Å². The first-order valence-electron chi connectivity index (χ1n) is 3.74. The van der Waals surface area contributed by atoms with Crippen molar-refractivity contribution in [2.75, 3.05) is 12.8 Å². The number of anilines is 1. The maximum Gasteiger partial charge on any atom is 0.338 e. The van der Waals surface area contributed by atoms with Gasteiger partial charge in [0, 0.05) is 5.56 Å². The molecule has 0 fully saturated rings. The molecule has 78 valence electrons. The summed E-state index contributed by atoms with van der Waals surface area (Å²) in [6.07, 6.45) is 0. The zero-order chi connectivity index (χ0) is 10.0. The molecule has 0 amide bonds. The van der Waals surface area contributed by atoms with Gasteiger partial charge in [0.05, 0.1) is 18.4 Å². The van der Waals surface area contributed by atoms with Crippen molar-refractivity contribution in [2.45, 2.75) is 6.92 Å². The number of carbonyl (C=O) groups is 1. The average molecular weight is 218 g/mol. The summed E-state index contributed by atoms with van der Waals surface area (Å²) in [5, 5.41) is 9.40. The molecule has 0 bridgehead atoms. The van der Waals surface area contributed by atoms with Gasteiger partial charge in [-0.3, -0.25) is 0 Å². The fraction of sp³-hybridized carbons (Fsp3) is 0.222. The van der Waals surface area contributed by atoms with Crippen LogP contribution in [0.2, 0.25) is 0 Å². The Labute approximate surface area is 88.1 Å². The Kier molecular flexibility index (Phi) is 4.24. The van der Waals surface area contributed by atoms with E-state index in [1.165, 1.54) is 19.2 Å². The van der Waals surface area contributed by atoms with Crippen molar-refractivity contribution < 1.29 is 14.6 Å². The third-order valence-corrected chi connectivity index (χ3v) is 1.87. The van der Waals surface area contributed by atoms with Gasteiger partial charge in [-0.2, -0.15) is 0 Å². The summed E-state index contributed by atoms with van der Waals surface area (Å²) in [4.78, 5) is 11.1. The number of ether oxygens (including phenoxy) is 1. The minimum absolute atomic E-state index is 0. The van der Waals surface area contributed by atoms with E-state index in [4.69, 9.17) is 5.73 Å². The predicted molar refractivity (Wildman–Crippen MR) is 55.8 cm³/mol. The first-order chi connectivity index (χ1) is 6.07. The molecule has 0 saturated carbocycles. The normalized spacial score (nSPS) is 9.00. The van der Waals surface area contributed by atoms with Gasteiger partial charge in [-0.1, -0.05) is 0 Å². The molecule has 0 radical (unpaired) electrons. The SMILES string of the molecule is COC(=O)c1ccc(N)c(O)c1C.Cl. The van der Waals surface area contributed by atoms with Gasteiger partial charge >= 0.3 is 5.97 Å². The lowest BCUT2D eigenvalue weighted by molar-refractivity contribution is 0.0599. The summed E-state index contributed by atoms with van der Waals surface area (Å²) in [5.74, 6) is -0.546. The van der Waals surface area contributed by atoms with E-state index in [1.807, 2.05) is 0 Å². The lowest BCUT2D eigenvalue weighted by Crippen LogP contribution is -2.04. The average Bonchev–Trinajstić information content (AvgIpc) is 2.13. The quantitative estimate of drug-likeness (QED) is 0.425. The number of rotatable bonds is 1. The molecule has 0 aromatic heterocycles. The predicted octanol–water partition coefficient (Wildman–Crippen LogP) is 1.49. The van der Waals surface area contributed by atoms with Crippen molar-refractivity contribution in [2.24, 2.45) is 0 Å². The number of phenolic OH excluding ortho intramolecular Hbond substituents is 1. The number of benzene rings is 1. The molecule has 0 heterocycles. The third-order valence-electron chi connectivity index (χ3n) is 1.87. The zero-order valence-corrected chi connectivity index (χ0v) is 8.72. The largest absolute Gasteiger partial charge is 0.505 e. The van der Waals surface area contributed by atoms with Crippen LogP contribution in [0.5, 0.6) is 5.75 Å². The van der Waals surface area contributed by atoms with Gasteiger partial charge in [0.2, 0.25) is 0 Å². The highest BCUT2D eigenvalue weighted by atomic mass is 35.5. The lowest BCUT2D eigenvalue weighted by atomic mass is 10.1. The number of esters is 1. The number of carbonyl (C=O) groups excluding carboxylic acids is 1. The second-order valence-corrected chi connectivity index (χ2v) is 2.67. The van der Waals surface area contributed by atoms with Crippen molar-refractivity contribution in [3.8, 4) is 5.75 Å². The summed E-state index contributed by atoms with van der Waals surface area (Å²) in [6.45, 7) is 1.61. The smallest absolute Gasteiger partial charge is 0.338 e. The van der Waals surface area contributed by atoms with Crippen LogP contribution in [-0.4, -0.2) is 18.2 Å². The number of methoxy groups -OCH3 is 1. The van der Waals surface area contributed by atoms with Crippen LogP contribution in [0.15, 0.2) is 12.1 Å². The Morgan fingerprint density at radius 1 is 1.50 bits per heavy atom. The molecule has 14 heavy (non-hydrogen) atoms. The number of phenols is 1. The molecule has 0 aliphatic heterocycles. The molecule has 4 nitrogen and oxygen atoms in total. The van der Waals surface area contributed by atoms with Crippen molar-refractivity contribution in [3.05, 3.63) is 23.3 Å². The van der Waals surface area contributed by atoms with Crippen molar-refractivity contribution in [3.63, 3.8) is 0 Å². The van der Waals surface area contributed by atoms with Gasteiger partial charge in [-0.15, -0.1) is 12.4 Å². The second-order valence-electron chi connectivity index (χ2n) is 2.67. The van der Waals surface area contributed by atoms with E-state index < -0.39 is 5.97 Å². The number of nitrogen functional groups attached to an aromatic ring is 1. The molecule has 5 heteroatoms. The van der Waals surface area contributed by atoms with Crippen LogP contribution in [0.3, 0.4) is 0 Å². The summed E-state index contributed by atoms with van der Waals surface area (Å²) >= 11 is 0. The standard InChI is InChI=1S/C9H11NO3.ClH/c1-5-6(9(12)13-2)3-4-7(10)8(5)11;/h3-4,11H,10H2,1-2H3;1H. The van der Waals surface area contributed by atoms with Gasteiger partial charge in [0.15, 0.2) is 0 Å². The molecule has 0 aliphatic rings. The van der Waals surface area contributed by atoms with E-state index in [9.17, 15) is 9.90 Å². The van der Waals surface area contributed by atoms with Crippen LogP contribution in [0.4, 0.5) is 5.69 Å². The Morgan fingerprint density at radius 3 is 2.57 bits per heavy atom. The second kappa shape index (κ2) is 4.72. The van der Waals surface area contributed by atoms with Crippen molar-refractivity contribution in [1.82, 2.24) is 0 Å². The molecular weight excluding hydrogens is 206 g/mol. The maximum atomic E-state index is 11.1. The highest BCUT2D eigenvalue weighted by Gasteiger charge is 2.13. The first-order valence-corrected chi connectivity index (χ1v) is 3.74. The number of hydrogen-bond acceptors (Lipinski definition) is 4. The maximum absolute atomic E-state index is 11.1. The van der Waals surface area contributed by atoms with Crippen molar-refractivity contribution >= 4 is 24.1 Å². The van der Waals surface area contributed by atoms with Gasteiger partial charge in [0.25, 0.3) is 0 Å². The Hall–Kier alpha value is -1.42. The van der Waals surface area contributed by atoms with E-state index in [2.05, 4.69) is 4.74 Å². The highest BCUT2D eigenvalue weighted by molar-refractivity contribution is 5.92. The molecular formula is C9H12ClNO3. The molecule has 0 atom stereocenters. The highest BCUT2D eigenvalue weighted by Crippen LogP contribution is 2.27. The van der Waals surface area contributed by atoms with Crippen LogP contribution >= 0.6 is 12.4 Å². The Morgan fingerprint density at radius 2 is 2.07 bits per heavy atom. The van der Waals surface area contributed by atoms with Crippen LogP contribution in [0.1, 0.15) is 15.9 Å². The fourth-order valence-electron chi connectivity index (χ4n) is 1.05. The van der Waals surface area contributed by atoms with E-state index in [-0.39, 0.29) is 23.8 Å². The van der Waals surface area contributed by atoms with Crippen LogP contribution in [-0.2, 0) is 4.74 Å². The molecule has 1 rings (SSSR count). The molecule has 1 aromatic carbocycles. The van der Waals surface area contributed by atoms with E-state index in [1.54, 1.807) is 6.92 Å². The van der Waals surface area contributed by atoms with Crippen LogP contribution in [0, 0.1) is 6.92 Å². The summed E-state index contributed by atoms with van der Waals surface area (Å²) in [5.41, 5.74) is 6.45. The van der Waals surface area contributed by atoms with Crippen LogP contribution < -0.4 is 5.73 Å². The minimum atomic E-state index is -0.479. The Bertz CT molecular complexity index is 352. The molecule has 3 N–H and O–H groups in total. The third kappa shape index (κ3) is 2.09. The van der Waals surface area contributed by atoms with Gasteiger partial charge in [-0.05, 0) is 19.1 Å². The van der Waals surface area contributed by atoms with Crippen LogP contribution in [0.25, 0.3) is 0 Å². The number of aromatic hydroxyl groups is 1. The molecule has 1 aromatic rings. The first kappa shape index (κ1) is 12.6.